The van der Waals surface area contributed by atoms with E-state index in [-0.39, 0.29) is 11.4 Å². The molecule has 0 radical (unpaired) electrons. The van der Waals surface area contributed by atoms with Gasteiger partial charge in [-0.05, 0) is 37.8 Å². The first kappa shape index (κ1) is 11.8. The number of hydrogen-bond donors (Lipinski definition) is 0. The van der Waals surface area contributed by atoms with Gasteiger partial charge in [-0.1, -0.05) is 37.5 Å². The molecule has 1 heterocycles. The summed E-state index contributed by atoms with van der Waals surface area (Å²) in [5.41, 5.74) is 1.05. The number of carbonyl (C=O) groups excluding carboxylic acids is 1. The van der Waals surface area contributed by atoms with Gasteiger partial charge in [-0.3, -0.25) is 4.79 Å². The lowest BCUT2D eigenvalue weighted by Gasteiger charge is -2.41. The van der Waals surface area contributed by atoms with Crippen LogP contribution in [0.3, 0.4) is 0 Å². The highest BCUT2D eigenvalue weighted by Crippen LogP contribution is 2.42. The van der Waals surface area contributed by atoms with Gasteiger partial charge in [0.25, 0.3) is 5.91 Å². The molecule has 1 aliphatic heterocycles. The standard InChI is InChI=1S/C16H21NO/c18-15(14-8-3-1-4-9-14)17-13-7-12-16(17)10-5-2-6-11-16/h1,3-4,8-9H,2,5-7,10-13H2. The van der Waals surface area contributed by atoms with Gasteiger partial charge >= 0.3 is 0 Å². The number of nitrogens with zero attached hydrogens (tertiary/aromatic N) is 1. The Morgan fingerprint density at radius 3 is 2.33 bits per heavy atom. The predicted octanol–water partition coefficient (Wildman–Crippen LogP) is 3.63. The van der Waals surface area contributed by atoms with Crippen molar-refractivity contribution in [1.82, 2.24) is 4.90 Å². The van der Waals surface area contributed by atoms with Crippen molar-refractivity contribution in [1.29, 1.82) is 0 Å². The molecule has 1 aromatic rings. The number of rotatable bonds is 1. The summed E-state index contributed by atoms with van der Waals surface area (Å²) in [5, 5.41) is 0. The maximum Gasteiger partial charge on any atom is 0.254 e. The monoisotopic (exact) mass is 243 g/mol. The highest BCUT2D eigenvalue weighted by atomic mass is 16.2. The number of carbonyl (C=O) groups is 1. The minimum atomic E-state index is 0.200. The van der Waals surface area contributed by atoms with Gasteiger partial charge in [-0.2, -0.15) is 0 Å². The van der Waals surface area contributed by atoms with Crippen molar-refractivity contribution >= 4 is 5.91 Å². The van der Waals surface area contributed by atoms with Crippen molar-refractivity contribution in [3.8, 4) is 0 Å². The summed E-state index contributed by atoms with van der Waals surface area (Å²) in [6.07, 6.45) is 8.74. The third-order valence-corrected chi connectivity index (χ3v) is 4.65. The zero-order valence-corrected chi connectivity index (χ0v) is 10.9. The van der Waals surface area contributed by atoms with Crippen LogP contribution in [0.1, 0.15) is 55.3 Å². The van der Waals surface area contributed by atoms with Crippen molar-refractivity contribution in [3.05, 3.63) is 35.9 Å². The zero-order valence-electron chi connectivity index (χ0n) is 10.9. The Bertz CT molecular complexity index is 420. The molecule has 2 nitrogen and oxygen atoms in total. The third-order valence-electron chi connectivity index (χ3n) is 4.65. The summed E-state index contributed by atoms with van der Waals surface area (Å²) >= 11 is 0. The molecular formula is C16H21NO. The van der Waals surface area contributed by atoms with Crippen molar-refractivity contribution in [3.63, 3.8) is 0 Å². The second kappa shape index (κ2) is 4.75. The summed E-state index contributed by atoms with van der Waals surface area (Å²) in [5.74, 6) is 0.245. The van der Waals surface area contributed by atoms with Crippen LogP contribution in [0.4, 0.5) is 0 Å². The van der Waals surface area contributed by atoms with Crippen LogP contribution in [0.5, 0.6) is 0 Å². The van der Waals surface area contributed by atoms with Crippen LogP contribution >= 0.6 is 0 Å². The zero-order chi connectivity index (χ0) is 12.4. The van der Waals surface area contributed by atoms with Crippen LogP contribution in [0, 0.1) is 0 Å². The van der Waals surface area contributed by atoms with E-state index < -0.39 is 0 Å². The topological polar surface area (TPSA) is 20.3 Å². The Morgan fingerprint density at radius 1 is 0.944 bits per heavy atom. The van der Waals surface area contributed by atoms with Gasteiger partial charge in [-0.15, -0.1) is 0 Å². The fraction of sp³-hybridized carbons (Fsp3) is 0.562. The number of hydrogen-bond acceptors (Lipinski definition) is 1. The molecule has 0 N–H and O–H groups in total. The third kappa shape index (κ3) is 1.94. The molecule has 0 unspecified atom stereocenters. The molecule has 2 aliphatic rings. The quantitative estimate of drug-likeness (QED) is 0.737. The van der Waals surface area contributed by atoms with E-state index in [0.717, 1.165) is 12.1 Å². The Hall–Kier alpha value is -1.31. The molecule has 0 bridgehead atoms. The molecule has 96 valence electrons. The lowest BCUT2D eigenvalue weighted by atomic mass is 9.79. The molecule has 1 spiro atoms. The number of amides is 1. The number of likely N-dealkylation sites (tertiary alicyclic amines) is 1. The SMILES string of the molecule is O=C(c1ccccc1)N1CCCC12CCCCC2. The average Bonchev–Trinajstić information content (AvgIpc) is 2.83. The van der Waals surface area contributed by atoms with E-state index in [1.807, 2.05) is 30.3 Å². The second-order valence-electron chi connectivity index (χ2n) is 5.71. The Balaban J connectivity index is 1.84. The molecule has 18 heavy (non-hydrogen) atoms. The van der Waals surface area contributed by atoms with Crippen molar-refractivity contribution in [2.45, 2.75) is 50.5 Å². The van der Waals surface area contributed by atoms with Gasteiger partial charge in [-0.25, -0.2) is 0 Å². The number of benzene rings is 1. The van der Waals surface area contributed by atoms with Gasteiger partial charge in [0.05, 0.1) is 0 Å². The van der Waals surface area contributed by atoms with E-state index in [1.165, 1.54) is 44.9 Å². The van der Waals surface area contributed by atoms with E-state index in [0.29, 0.717) is 0 Å². The highest BCUT2D eigenvalue weighted by molar-refractivity contribution is 5.94. The Morgan fingerprint density at radius 2 is 1.61 bits per heavy atom. The van der Waals surface area contributed by atoms with Gasteiger partial charge in [0.15, 0.2) is 0 Å². The van der Waals surface area contributed by atoms with Crippen LogP contribution in [0.15, 0.2) is 30.3 Å². The summed E-state index contributed by atoms with van der Waals surface area (Å²) in [4.78, 5) is 14.8. The van der Waals surface area contributed by atoms with Gasteiger partial charge in [0.2, 0.25) is 0 Å². The van der Waals surface area contributed by atoms with Crippen LogP contribution in [0.25, 0.3) is 0 Å². The summed E-state index contributed by atoms with van der Waals surface area (Å²) in [6.45, 7) is 0.952. The van der Waals surface area contributed by atoms with Gasteiger partial charge in [0, 0.05) is 17.6 Å². The second-order valence-corrected chi connectivity index (χ2v) is 5.71. The average molecular weight is 243 g/mol. The maximum atomic E-state index is 12.6. The first-order chi connectivity index (χ1) is 8.82. The molecule has 2 fully saturated rings. The molecule has 1 aromatic carbocycles. The fourth-order valence-corrected chi connectivity index (χ4v) is 3.72. The molecular weight excluding hydrogens is 222 g/mol. The van der Waals surface area contributed by atoms with Gasteiger partial charge in [0.1, 0.15) is 0 Å². The van der Waals surface area contributed by atoms with E-state index >= 15 is 0 Å². The molecule has 1 saturated heterocycles. The molecule has 0 aromatic heterocycles. The highest BCUT2D eigenvalue weighted by Gasteiger charge is 2.43. The van der Waals surface area contributed by atoms with Crippen LogP contribution < -0.4 is 0 Å². The summed E-state index contributed by atoms with van der Waals surface area (Å²) in [6, 6.07) is 9.76. The molecule has 1 saturated carbocycles. The molecule has 1 amide bonds. The minimum Gasteiger partial charge on any atom is -0.333 e. The smallest absolute Gasteiger partial charge is 0.254 e. The van der Waals surface area contributed by atoms with E-state index in [1.54, 1.807) is 0 Å². The van der Waals surface area contributed by atoms with Crippen molar-refractivity contribution in [2.75, 3.05) is 6.54 Å². The maximum absolute atomic E-state index is 12.6. The van der Waals surface area contributed by atoms with E-state index in [4.69, 9.17) is 0 Å². The van der Waals surface area contributed by atoms with E-state index in [9.17, 15) is 4.79 Å². The summed E-state index contributed by atoms with van der Waals surface area (Å²) in [7, 11) is 0. The van der Waals surface area contributed by atoms with E-state index in [2.05, 4.69) is 4.90 Å². The largest absolute Gasteiger partial charge is 0.333 e. The van der Waals surface area contributed by atoms with Crippen molar-refractivity contribution in [2.24, 2.45) is 0 Å². The van der Waals surface area contributed by atoms with Gasteiger partial charge < -0.3 is 4.90 Å². The Kier molecular flexibility index (Phi) is 3.11. The lowest BCUT2D eigenvalue weighted by Crippen LogP contribution is -2.48. The first-order valence-corrected chi connectivity index (χ1v) is 7.19. The molecule has 3 rings (SSSR count). The lowest BCUT2D eigenvalue weighted by molar-refractivity contribution is 0.0500. The fourth-order valence-electron chi connectivity index (χ4n) is 3.72. The van der Waals surface area contributed by atoms with Crippen LogP contribution in [-0.2, 0) is 0 Å². The normalized spacial score (nSPS) is 22.3. The summed E-state index contributed by atoms with van der Waals surface area (Å²) < 4.78 is 0. The molecule has 0 atom stereocenters. The predicted molar refractivity (Wildman–Crippen MR) is 72.5 cm³/mol. The molecule has 2 heteroatoms. The molecule has 1 aliphatic carbocycles. The van der Waals surface area contributed by atoms with Crippen LogP contribution in [0.2, 0.25) is 0 Å². The van der Waals surface area contributed by atoms with Crippen LogP contribution in [-0.4, -0.2) is 22.9 Å². The first-order valence-electron chi connectivity index (χ1n) is 7.19. The minimum absolute atomic E-state index is 0.200. The van der Waals surface area contributed by atoms with Crippen molar-refractivity contribution < 1.29 is 4.79 Å². The Labute approximate surface area is 109 Å².